The van der Waals surface area contributed by atoms with E-state index in [1.165, 1.54) is 12.8 Å². The summed E-state index contributed by atoms with van der Waals surface area (Å²) in [5, 5.41) is 5.45. The maximum atomic E-state index is 12.0. The summed E-state index contributed by atoms with van der Waals surface area (Å²) in [7, 11) is -3.23. The van der Waals surface area contributed by atoms with E-state index >= 15 is 0 Å². The zero-order valence-corrected chi connectivity index (χ0v) is 12.7. The molecule has 1 fully saturated rings. The quantitative estimate of drug-likeness (QED) is 0.823. The number of fused-ring (bicyclic) bond motifs is 1. The van der Waals surface area contributed by atoms with Gasteiger partial charge in [0, 0.05) is 19.1 Å². The van der Waals surface area contributed by atoms with E-state index < -0.39 is 10.0 Å². The van der Waals surface area contributed by atoms with Gasteiger partial charge in [0.1, 0.15) is 0 Å². The second-order valence-corrected chi connectivity index (χ2v) is 7.43. The fourth-order valence-corrected chi connectivity index (χ4v) is 3.30. The third-order valence-corrected chi connectivity index (χ3v) is 5.07. The average Bonchev–Trinajstić information content (AvgIpc) is 3.29. The number of hydrogen-bond acceptors (Lipinski definition) is 3. The van der Waals surface area contributed by atoms with Crippen molar-refractivity contribution in [2.75, 3.05) is 12.3 Å². The highest BCUT2D eigenvalue weighted by atomic mass is 32.2. The Morgan fingerprint density at radius 1 is 1.05 bits per heavy atom. The van der Waals surface area contributed by atoms with Gasteiger partial charge in [-0.3, -0.25) is 0 Å². The molecule has 0 amide bonds. The summed E-state index contributed by atoms with van der Waals surface area (Å²) >= 11 is 0. The lowest BCUT2D eigenvalue weighted by molar-refractivity contribution is 0.576. The number of rotatable bonds is 7. The summed E-state index contributed by atoms with van der Waals surface area (Å²) in [6, 6.07) is 14.5. The van der Waals surface area contributed by atoms with Crippen molar-refractivity contribution >= 4 is 20.8 Å². The Morgan fingerprint density at radius 2 is 1.81 bits per heavy atom. The minimum Gasteiger partial charge on any atom is -0.313 e. The van der Waals surface area contributed by atoms with Gasteiger partial charge < -0.3 is 5.32 Å². The molecule has 2 aromatic carbocycles. The summed E-state index contributed by atoms with van der Waals surface area (Å²) in [5.74, 6) is 0.133. The molecule has 4 nitrogen and oxygen atoms in total. The van der Waals surface area contributed by atoms with Crippen molar-refractivity contribution in [3.8, 4) is 0 Å². The maximum Gasteiger partial charge on any atom is 0.213 e. The molecule has 21 heavy (non-hydrogen) atoms. The van der Waals surface area contributed by atoms with Crippen molar-refractivity contribution < 1.29 is 8.42 Å². The molecule has 1 aliphatic carbocycles. The van der Waals surface area contributed by atoms with Crippen LogP contribution in [0.5, 0.6) is 0 Å². The predicted octanol–water partition coefficient (Wildman–Crippen LogP) is 2.01. The van der Waals surface area contributed by atoms with E-state index in [9.17, 15) is 8.42 Å². The van der Waals surface area contributed by atoms with Crippen LogP contribution in [0.3, 0.4) is 0 Å². The number of nitrogens with one attached hydrogen (secondary N) is 2. The zero-order valence-electron chi connectivity index (χ0n) is 11.9. The van der Waals surface area contributed by atoms with Crippen LogP contribution in [-0.4, -0.2) is 26.8 Å². The minimum atomic E-state index is -3.23. The van der Waals surface area contributed by atoms with Crippen LogP contribution >= 0.6 is 0 Å². The van der Waals surface area contributed by atoms with Crippen LogP contribution in [0.25, 0.3) is 10.8 Å². The Bertz CT molecular complexity index is 719. The van der Waals surface area contributed by atoms with Gasteiger partial charge in [-0.15, -0.1) is 0 Å². The average molecular weight is 304 g/mol. The summed E-state index contributed by atoms with van der Waals surface area (Å²) in [6.45, 7) is 0.864. The monoisotopic (exact) mass is 304 g/mol. The first-order valence-electron chi connectivity index (χ1n) is 7.31. The molecule has 0 aliphatic heterocycles. The lowest BCUT2D eigenvalue weighted by Gasteiger charge is -2.09. The van der Waals surface area contributed by atoms with E-state index in [0.29, 0.717) is 19.1 Å². The van der Waals surface area contributed by atoms with Crippen LogP contribution in [0.2, 0.25) is 0 Å². The van der Waals surface area contributed by atoms with Crippen molar-refractivity contribution in [3.05, 3.63) is 48.0 Å². The van der Waals surface area contributed by atoms with Crippen molar-refractivity contribution in [1.82, 2.24) is 10.0 Å². The van der Waals surface area contributed by atoms with Crippen LogP contribution in [0.1, 0.15) is 18.4 Å². The smallest absolute Gasteiger partial charge is 0.213 e. The van der Waals surface area contributed by atoms with Gasteiger partial charge in [0.2, 0.25) is 10.0 Å². The standard InChI is InChI=1S/C16H20N2O2S/c19-21(20,11-10-17-15-8-9-15)18-12-14-6-3-5-13-4-1-2-7-16(13)14/h1-7,15,17-18H,8-12H2. The van der Waals surface area contributed by atoms with Gasteiger partial charge in [-0.2, -0.15) is 0 Å². The van der Waals surface area contributed by atoms with Crippen LogP contribution in [0, 0.1) is 0 Å². The highest BCUT2D eigenvalue weighted by Gasteiger charge is 2.21. The van der Waals surface area contributed by atoms with Gasteiger partial charge >= 0.3 is 0 Å². The lowest BCUT2D eigenvalue weighted by Crippen LogP contribution is -2.32. The molecule has 1 saturated carbocycles. The first-order valence-corrected chi connectivity index (χ1v) is 8.97. The Hall–Kier alpha value is -1.43. The molecule has 112 valence electrons. The molecule has 5 heteroatoms. The minimum absolute atomic E-state index is 0.133. The van der Waals surface area contributed by atoms with Crippen LogP contribution < -0.4 is 10.0 Å². The molecule has 3 rings (SSSR count). The molecule has 0 atom stereocenters. The largest absolute Gasteiger partial charge is 0.313 e. The van der Waals surface area contributed by atoms with E-state index in [0.717, 1.165) is 16.3 Å². The zero-order chi connectivity index (χ0) is 14.7. The van der Waals surface area contributed by atoms with Gasteiger partial charge in [0.05, 0.1) is 5.75 Å². The molecule has 0 bridgehead atoms. The van der Waals surface area contributed by atoms with Crippen molar-refractivity contribution in [3.63, 3.8) is 0 Å². The normalized spacial score (nSPS) is 15.4. The van der Waals surface area contributed by atoms with Crippen LogP contribution in [-0.2, 0) is 16.6 Å². The van der Waals surface area contributed by atoms with Gasteiger partial charge in [-0.1, -0.05) is 42.5 Å². The number of benzene rings is 2. The second-order valence-electron chi connectivity index (χ2n) is 5.51. The van der Waals surface area contributed by atoms with Crippen LogP contribution in [0.4, 0.5) is 0 Å². The molecule has 0 spiro atoms. The highest BCUT2D eigenvalue weighted by Crippen LogP contribution is 2.19. The molecule has 0 heterocycles. The molecule has 2 aromatic rings. The van der Waals surface area contributed by atoms with Gasteiger partial charge in [0.15, 0.2) is 0 Å². The molecule has 2 N–H and O–H groups in total. The maximum absolute atomic E-state index is 12.0. The third kappa shape index (κ3) is 4.03. The first kappa shape index (κ1) is 14.5. The van der Waals surface area contributed by atoms with Crippen molar-refractivity contribution in [2.24, 2.45) is 0 Å². The molecule has 0 saturated heterocycles. The molecule has 0 radical (unpaired) electrons. The van der Waals surface area contributed by atoms with Crippen molar-refractivity contribution in [2.45, 2.75) is 25.4 Å². The first-order chi connectivity index (χ1) is 10.1. The Balaban J connectivity index is 1.62. The molecular weight excluding hydrogens is 284 g/mol. The summed E-state index contributed by atoms with van der Waals surface area (Å²) < 4.78 is 26.7. The van der Waals surface area contributed by atoms with E-state index in [4.69, 9.17) is 0 Å². The fourth-order valence-electron chi connectivity index (χ4n) is 2.39. The highest BCUT2D eigenvalue weighted by molar-refractivity contribution is 7.89. The van der Waals surface area contributed by atoms with Crippen molar-refractivity contribution in [1.29, 1.82) is 0 Å². The van der Waals surface area contributed by atoms with E-state index in [1.807, 2.05) is 42.5 Å². The van der Waals surface area contributed by atoms with Crippen LogP contribution in [0.15, 0.2) is 42.5 Å². The Morgan fingerprint density at radius 3 is 2.62 bits per heavy atom. The number of hydrogen-bond donors (Lipinski definition) is 2. The summed E-state index contributed by atoms with van der Waals surface area (Å²) in [4.78, 5) is 0. The molecule has 0 unspecified atom stereocenters. The number of sulfonamides is 1. The summed E-state index contributed by atoms with van der Waals surface area (Å²) in [5.41, 5.74) is 1.01. The molecule has 0 aromatic heterocycles. The van der Waals surface area contributed by atoms with E-state index in [-0.39, 0.29) is 5.75 Å². The van der Waals surface area contributed by atoms with E-state index in [1.54, 1.807) is 0 Å². The van der Waals surface area contributed by atoms with Gasteiger partial charge in [-0.05, 0) is 29.2 Å². The third-order valence-electron chi connectivity index (χ3n) is 3.74. The molecule has 1 aliphatic rings. The Labute approximate surface area is 125 Å². The lowest BCUT2D eigenvalue weighted by atomic mass is 10.1. The summed E-state index contributed by atoms with van der Waals surface area (Å²) in [6.07, 6.45) is 2.34. The SMILES string of the molecule is O=S(=O)(CCNC1CC1)NCc1cccc2ccccc12. The topological polar surface area (TPSA) is 58.2 Å². The molecular formula is C16H20N2O2S. The second kappa shape index (κ2) is 6.13. The Kier molecular flexibility index (Phi) is 4.24. The van der Waals surface area contributed by atoms with E-state index in [2.05, 4.69) is 10.0 Å². The van der Waals surface area contributed by atoms with Gasteiger partial charge in [-0.25, -0.2) is 13.1 Å². The predicted molar refractivity (Wildman–Crippen MR) is 85.6 cm³/mol. The fraction of sp³-hybridized carbons (Fsp3) is 0.375. The van der Waals surface area contributed by atoms with Gasteiger partial charge in [0.25, 0.3) is 0 Å².